The molecule has 0 amide bonds. The monoisotopic (exact) mass is 426 g/mol. The van der Waals surface area contributed by atoms with Crippen LogP contribution in [0.3, 0.4) is 0 Å². The summed E-state index contributed by atoms with van der Waals surface area (Å²) < 4.78 is 73.1. The van der Waals surface area contributed by atoms with Crippen LogP contribution in [0.2, 0.25) is 0 Å². The van der Waals surface area contributed by atoms with Crippen LogP contribution in [0.5, 0.6) is 5.75 Å². The van der Waals surface area contributed by atoms with E-state index in [1.807, 2.05) is 13.8 Å². The van der Waals surface area contributed by atoms with Gasteiger partial charge < -0.3 is 9.72 Å². The van der Waals surface area contributed by atoms with Crippen molar-refractivity contribution in [2.24, 2.45) is 0 Å². The van der Waals surface area contributed by atoms with E-state index >= 15 is 0 Å². The van der Waals surface area contributed by atoms with Crippen molar-refractivity contribution in [1.82, 2.24) is 4.98 Å². The van der Waals surface area contributed by atoms with Crippen molar-refractivity contribution in [1.29, 1.82) is 0 Å². The molecule has 2 N–H and O–H groups in total. The first-order valence-corrected chi connectivity index (χ1v) is 9.98. The van der Waals surface area contributed by atoms with Crippen molar-refractivity contribution >= 4 is 26.6 Å². The number of hydrogen-bond acceptors (Lipinski definition) is 4. The van der Waals surface area contributed by atoms with Crippen molar-refractivity contribution in [3.63, 3.8) is 0 Å². The smallest absolute Gasteiger partial charge is 0.417 e. The summed E-state index contributed by atoms with van der Waals surface area (Å²) in [7, 11) is -4.19. The van der Waals surface area contributed by atoms with Gasteiger partial charge in [0.2, 0.25) is 5.56 Å². The van der Waals surface area contributed by atoms with Crippen LogP contribution < -0.4 is 15.0 Å². The largest absolute Gasteiger partial charge is 0.491 e. The van der Waals surface area contributed by atoms with Crippen LogP contribution in [0, 0.1) is 0 Å². The number of anilines is 1. The van der Waals surface area contributed by atoms with E-state index in [1.165, 1.54) is 12.1 Å². The Kier molecular flexibility index (Phi) is 5.31. The number of pyridine rings is 1. The molecule has 0 aliphatic carbocycles. The number of alkyl halides is 3. The molecule has 0 bridgehead atoms. The molecular formula is C19H17F3N2O4S. The van der Waals surface area contributed by atoms with Gasteiger partial charge in [-0.25, -0.2) is 8.42 Å². The first-order valence-electron chi connectivity index (χ1n) is 8.49. The maximum atomic E-state index is 13.3. The average molecular weight is 426 g/mol. The Balaban J connectivity index is 2.03. The molecule has 29 heavy (non-hydrogen) atoms. The van der Waals surface area contributed by atoms with Crippen molar-refractivity contribution < 1.29 is 26.3 Å². The Labute approximate surface area is 164 Å². The molecule has 0 spiro atoms. The van der Waals surface area contributed by atoms with Crippen LogP contribution in [0.25, 0.3) is 10.9 Å². The van der Waals surface area contributed by atoms with Gasteiger partial charge in [-0.3, -0.25) is 9.52 Å². The summed E-state index contributed by atoms with van der Waals surface area (Å²) in [6.45, 7) is 3.63. The summed E-state index contributed by atoms with van der Waals surface area (Å²) in [4.78, 5) is 13.4. The second-order valence-electron chi connectivity index (χ2n) is 6.55. The van der Waals surface area contributed by atoms with Crippen LogP contribution in [0.15, 0.2) is 58.2 Å². The fraction of sp³-hybridized carbons (Fsp3) is 0.211. The van der Waals surface area contributed by atoms with E-state index in [1.54, 1.807) is 12.1 Å². The number of halogens is 3. The lowest BCUT2D eigenvalue weighted by Crippen LogP contribution is -2.16. The number of fused-ring (bicyclic) bond motifs is 1. The molecule has 0 unspecified atom stereocenters. The summed E-state index contributed by atoms with van der Waals surface area (Å²) in [6, 6.07) is 9.72. The van der Waals surface area contributed by atoms with Gasteiger partial charge in [-0.15, -0.1) is 0 Å². The Hall–Kier alpha value is -3.01. The summed E-state index contributed by atoms with van der Waals surface area (Å²) >= 11 is 0. The summed E-state index contributed by atoms with van der Waals surface area (Å²) in [5.41, 5.74) is -2.06. The van der Waals surface area contributed by atoms with Crippen molar-refractivity contribution in [2.45, 2.75) is 31.0 Å². The predicted octanol–water partition coefficient (Wildman–Crippen LogP) is 4.13. The van der Waals surface area contributed by atoms with E-state index < -0.39 is 32.7 Å². The SMILES string of the molecule is CC(C)Oc1cccc(NS(=O)(=O)c2ccc3[nH]c(=O)cc(C(F)(F)F)c3c2)c1. The number of H-pyrrole nitrogens is 1. The zero-order valence-electron chi connectivity index (χ0n) is 15.4. The highest BCUT2D eigenvalue weighted by Crippen LogP contribution is 2.34. The predicted molar refractivity (Wildman–Crippen MR) is 103 cm³/mol. The molecule has 154 valence electrons. The minimum atomic E-state index is -4.81. The normalized spacial score (nSPS) is 12.3. The molecule has 0 aliphatic rings. The number of aromatic nitrogens is 1. The van der Waals surface area contributed by atoms with Gasteiger partial charge in [0.1, 0.15) is 5.75 Å². The number of aromatic amines is 1. The van der Waals surface area contributed by atoms with E-state index in [0.717, 1.165) is 18.2 Å². The summed E-state index contributed by atoms with van der Waals surface area (Å²) in [5, 5.41) is -0.420. The van der Waals surface area contributed by atoms with Gasteiger partial charge in [0.15, 0.2) is 0 Å². The molecular weight excluding hydrogens is 409 g/mol. The molecule has 0 saturated heterocycles. The third-order valence-electron chi connectivity index (χ3n) is 3.89. The molecule has 2 aromatic carbocycles. The van der Waals surface area contributed by atoms with E-state index in [0.29, 0.717) is 11.8 Å². The molecule has 10 heteroatoms. The standard InChI is InChI=1S/C19H17F3N2O4S/c1-11(2)28-13-5-3-4-12(8-13)24-29(26,27)14-6-7-17-15(9-14)16(19(20,21)22)10-18(25)23-17/h3-11,24H,1-2H3,(H,23,25). The van der Waals surface area contributed by atoms with Crippen LogP contribution in [0.1, 0.15) is 19.4 Å². The molecule has 6 nitrogen and oxygen atoms in total. The Morgan fingerprint density at radius 1 is 1.07 bits per heavy atom. The van der Waals surface area contributed by atoms with Gasteiger partial charge in [-0.2, -0.15) is 13.2 Å². The van der Waals surface area contributed by atoms with Gasteiger partial charge in [-0.05, 0) is 44.2 Å². The number of ether oxygens (including phenoxy) is 1. The van der Waals surface area contributed by atoms with Crippen LogP contribution >= 0.6 is 0 Å². The van der Waals surface area contributed by atoms with E-state index in [2.05, 4.69) is 9.71 Å². The molecule has 0 saturated carbocycles. The summed E-state index contributed by atoms with van der Waals surface area (Å²) in [5.74, 6) is 0.440. The van der Waals surface area contributed by atoms with E-state index in [4.69, 9.17) is 4.74 Å². The minimum Gasteiger partial charge on any atom is -0.491 e. The first-order chi connectivity index (χ1) is 13.5. The van der Waals surface area contributed by atoms with Crippen molar-refractivity contribution in [2.75, 3.05) is 4.72 Å². The minimum absolute atomic E-state index is 0.115. The number of rotatable bonds is 5. The van der Waals surface area contributed by atoms with E-state index in [-0.39, 0.29) is 22.2 Å². The van der Waals surface area contributed by atoms with Gasteiger partial charge in [-0.1, -0.05) is 6.07 Å². The second-order valence-corrected chi connectivity index (χ2v) is 8.23. The van der Waals surface area contributed by atoms with Gasteiger partial charge in [0, 0.05) is 23.0 Å². The third-order valence-corrected chi connectivity index (χ3v) is 5.27. The number of benzene rings is 2. The quantitative estimate of drug-likeness (QED) is 0.642. The highest BCUT2D eigenvalue weighted by Gasteiger charge is 2.33. The summed E-state index contributed by atoms with van der Waals surface area (Å²) in [6.07, 6.45) is -4.93. The number of sulfonamides is 1. The lowest BCUT2D eigenvalue weighted by molar-refractivity contribution is -0.136. The topological polar surface area (TPSA) is 88.3 Å². The van der Waals surface area contributed by atoms with Gasteiger partial charge in [0.25, 0.3) is 10.0 Å². The molecule has 1 heterocycles. The van der Waals surface area contributed by atoms with Gasteiger partial charge in [0.05, 0.1) is 22.3 Å². The van der Waals surface area contributed by atoms with Gasteiger partial charge >= 0.3 is 6.18 Å². The third kappa shape index (κ3) is 4.70. The fourth-order valence-electron chi connectivity index (χ4n) is 2.75. The maximum absolute atomic E-state index is 13.3. The lowest BCUT2D eigenvalue weighted by Gasteiger charge is -2.14. The Bertz CT molecular complexity index is 1220. The zero-order chi connectivity index (χ0) is 21.4. The van der Waals surface area contributed by atoms with Crippen molar-refractivity contribution in [3.8, 4) is 5.75 Å². The maximum Gasteiger partial charge on any atom is 0.417 e. The molecule has 0 aliphatic heterocycles. The van der Waals surface area contributed by atoms with Crippen LogP contribution in [-0.2, 0) is 16.2 Å². The molecule has 3 aromatic rings. The molecule has 0 atom stereocenters. The number of hydrogen-bond donors (Lipinski definition) is 2. The lowest BCUT2D eigenvalue weighted by atomic mass is 10.1. The fourth-order valence-corrected chi connectivity index (χ4v) is 3.83. The number of nitrogens with one attached hydrogen (secondary N) is 2. The zero-order valence-corrected chi connectivity index (χ0v) is 16.2. The highest BCUT2D eigenvalue weighted by atomic mass is 32.2. The molecule has 0 fully saturated rings. The molecule has 1 aromatic heterocycles. The molecule has 0 radical (unpaired) electrons. The van der Waals surface area contributed by atoms with E-state index in [9.17, 15) is 26.4 Å². The second kappa shape index (κ2) is 7.43. The van der Waals surface area contributed by atoms with Crippen LogP contribution in [-0.4, -0.2) is 19.5 Å². The Morgan fingerprint density at radius 3 is 2.45 bits per heavy atom. The first kappa shape index (κ1) is 20.7. The average Bonchev–Trinajstić information content (AvgIpc) is 2.59. The Morgan fingerprint density at radius 2 is 1.79 bits per heavy atom. The van der Waals surface area contributed by atoms with Crippen LogP contribution in [0.4, 0.5) is 18.9 Å². The molecule has 3 rings (SSSR count). The highest BCUT2D eigenvalue weighted by molar-refractivity contribution is 7.92. The van der Waals surface area contributed by atoms with Crippen molar-refractivity contribution in [3.05, 3.63) is 64.4 Å².